The Kier molecular flexibility index (Phi) is 4.54. The molecule has 0 atom stereocenters. The number of benzene rings is 2. The molecule has 0 aromatic heterocycles. The van der Waals surface area contributed by atoms with Crippen LogP contribution in [0, 0.1) is 0 Å². The Balaban J connectivity index is 1.98. The predicted molar refractivity (Wildman–Crippen MR) is 76.6 cm³/mol. The van der Waals surface area contributed by atoms with Crippen LogP contribution in [-0.4, -0.2) is 5.91 Å². The molecule has 3 N–H and O–H groups in total. The molecule has 0 heterocycles. The molecule has 0 spiro atoms. The van der Waals surface area contributed by atoms with E-state index in [0.29, 0.717) is 12.2 Å². The van der Waals surface area contributed by atoms with Gasteiger partial charge in [-0.05, 0) is 35.9 Å². The van der Waals surface area contributed by atoms with Crippen LogP contribution in [0.3, 0.4) is 0 Å². The Morgan fingerprint density at radius 3 is 2.58 bits per heavy atom. The van der Waals surface area contributed by atoms with Gasteiger partial charge in [-0.2, -0.15) is 0 Å². The van der Waals surface area contributed by atoms with Gasteiger partial charge in [0.25, 0.3) is 5.91 Å². The number of carbonyl (C=O) groups is 1. The molecule has 0 saturated heterocycles. The molecule has 0 saturated carbocycles. The van der Waals surface area contributed by atoms with Crippen molar-refractivity contribution >= 4 is 21.8 Å². The molecule has 2 aromatic carbocycles. The summed E-state index contributed by atoms with van der Waals surface area (Å²) in [5.41, 5.74) is 3.59. The SMILES string of the molecule is NNC(=O)c1ccc(COc2cccc(Br)c2)cc1. The smallest absolute Gasteiger partial charge is 0.265 e. The summed E-state index contributed by atoms with van der Waals surface area (Å²) >= 11 is 3.39. The van der Waals surface area contributed by atoms with Gasteiger partial charge >= 0.3 is 0 Å². The van der Waals surface area contributed by atoms with E-state index in [-0.39, 0.29) is 5.91 Å². The molecule has 1 amide bonds. The van der Waals surface area contributed by atoms with Crippen LogP contribution in [0.25, 0.3) is 0 Å². The number of hydrogen-bond acceptors (Lipinski definition) is 3. The van der Waals surface area contributed by atoms with Crippen LogP contribution in [0.1, 0.15) is 15.9 Å². The van der Waals surface area contributed by atoms with E-state index in [1.165, 1.54) is 0 Å². The van der Waals surface area contributed by atoms with Crippen molar-refractivity contribution < 1.29 is 9.53 Å². The second-order valence-electron chi connectivity index (χ2n) is 3.92. The van der Waals surface area contributed by atoms with Crippen LogP contribution in [0.4, 0.5) is 0 Å². The minimum atomic E-state index is -0.306. The molecule has 0 aliphatic heterocycles. The van der Waals surface area contributed by atoms with Gasteiger partial charge in [0.05, 0.1) is 0 Å². The molecule has 0 aliphatic carbocycles. The van der Waals surface area contributed by atoms with Crippen molar-refractivity contribution in [2.45, 2.75) is 6.61 Å². The summed E-state index contributed by atoms with van der Waals surface area (Å²) in [6.45, 7) is 0.445. The van der Waals surface area contributed by atoms with E-state index in [2.05, 4.69) is 21.4 Å². The lowest BCUT2D eigenvalue weighted by Gasteiger charge is -2.07. The third-order valence-corrected chi connectivity index (χ3v) is 3.04. The minimum absolute atomic E-state index is 0.306. The van der Waals surface area contributed by atoms with Gasteiger partial charge in [-0.25, -0.2) is 5.84 Å². The van der Waals surface area contributed by atoms with E-state index >= 15 is 0 Å². The Labute approximate surface area is 119 Å². The normalized spacial score (nSPS) is 10.0. The largest absolute Gasteiger partial charge is 0.489 e. The maximum Gasteiger partial charge on any atom is 0.265 e. The van der Waals surface area contributed by atoms with Gasteiger partial charge in [0.2, 0.25) is 0 Å². The molecule has 0 fully saturated rings. The maximum atomic E-state index is 11.3. The first-order valence-electron chi connectivity index (χ1n) is 5.67. The molecular formula is C14H13BrN2O2. The zero-order valence-electron chi connectivity index (χ0n) is 10.1. The predicted octanol–water partition coefficient (Wildman–Crippen LogP) is 2.63. The van der Waals surface area contributed by atoms with E-state index < -0.39 is 0 Å². The number of ether oxygens (including phenoxy) is 1. The molecule has 2 aromatic rings. The lowest BCUT2D eigenvalue weighted by atomic mass is 10.1. The number of nitrogens with two attached hydrogens (primary N) is 1. The van der Waals surface area contributed by atoms with Crippen LogP contribution in [-0.2, 0) is 6.61 Å². The second-order valence-corrected chi connectivity index (χ2v) is 4.83. The van der Waals surface area contributed by atoms with Gasteiger partial charge < -0.3 is 4.74 Å². The molecule has 98 valence electrons. The van der Waals surface area contributed by atoms with Gasteiger partial charge in [-0.15, -0.1) is 0 Å². The van der Waals surface area contributed by atoms with Crippen molar-refractivity contribution in [2.75, 3.05) is 0 Å². The zero-order valence-corrected chi connectivity index (χ0v) is 11.7. The Morgan fingerprint density at radius 1 is 1.21 bits per heavy atom. The van der Waals surface area contributed by atoms with Crippen molar-refractivity contribution in [2.24, 2.45) is 5.84 Å². The summed E-state index contributed by atoms with van der Waals surface area (Å²) < 4.78 is 6.62. The van der Waals surface area contributed by atoms with Gasteiger partial charge in [-0.1, -0.05) is 34.1 Å². The summed E-state index contributed by atoms with van der Waals surface area (Å²) in [5.74, 6) is 5.55. The van der Waals surface area contributed by atoms with E-state index in [9.17, 15) is 4.79 Å². The van der Waals surface area contributed by atoms with Gasteiger partial charge in [-0.3, -0.25) is 10.2 Å². The van der Waals surface area contributed by atoms with Gasteiger partial charge in [0.1, 0.15) is 12.4 Å². The summed E-state index contributed by atoms with van der Waals surface area (Å²) in [6, 6.07) is 14.7. The van der Waals surface area contributed by atoms with Crippen LogP contribution in [0.15, 0.2) is 53.0 Å². The average molecular weight is 321 g/mol. The number of carbonyl (C=O) groups excluding carboxylic acids is 1. The highest BCUT2D eigenvalue weighted by Crippen LogP contribution is 2.19. The maximum absolute atomic E-state index is 11.3. The first-order chi connectivity index (χ1) is 9.19. The van der Waals surface area contributed by atoms with Crippen molar-refractivity contribution in [1.82, 2.24) is 5.43 Å². The number of hydrazine groups is 1. The zero-order chi connectivity index (χ0) is 13.7. The standard InChI is InChI=1S/C14H13BrN2O2/c15-12-2-1-3-13(8-12)19-9-10-4-6-11(7-5-10)14(18)17-16/h1-8H,9,16H2,(H,17,18). The molecule has 4 nitrogen and oxygen atoms in total. The van der Waals surface area contributed by atoms with E-state index in [1.54, 1.807) is 12.1 Å². The van der Waals surface area contributed by atoms with E-state index in [0.717, 1.165) is 15.8 Å². The quantitative estimate of drug-likeness (QED) is 0.517. The van der Waals surface area contributed by atoms with E-state index in [4.69, 9.17) is 10.6 Å². The summed E-state index contributed by atoms with van der Waals surface area (Å²) in [7, 11) is 0. The van der Waals surface area contributed by atoms with E-state index in [1.807, 2.05) is 36.4 Å². The monoisotopic (exact) mass is 320 g/mol. The Morgan fingerprint density at radius 2 is 1.95 bits per heavy atom. The highest BCUT2D eigenvalue weighted by molar-refractivity contribution is 9.10. The van der Waals surface area contributed by atoms with Crippen LogP contribution >= 0.6 is 15.9 Å². The van der Waals surface area contributed by atoms with Crippen LogP contribution < -0.4 is 16.0 Å². The highest BCUT2D eigenvalue weighted by atomic mass is 79.9. The third-order valence-electron chi connectivity index (χ3n) is 2.55. The lowest BCUT2D eigenvalue weighted by molar-refractivity contribution is 0.0953. The molecule has 19 heavy (non-hydrogen) atoms. The molecule has 0 aliphatic rings. The first kappa shape index (κ1) is 13.6. The highest BCUT2D eigenvalue weighted by Gasteiger charge is 2.03. The lowest BCUT2D eigenvalue weighted by Crippen LogP contribution is -2.29. The minimum Gasteiger partial charge on any atom is -0.489 e. The third kappa shape index (κ3) is 3.81. The van der Waals surface area contributed by atoms with Crippen molar-refractivity contribution in [3.05, 3.63) is 64.1 Å². The first-order valence-corrected chi connectivity index (χ1v) is 6.46. The second kappa shape index (κ2) is 6.36. The number of hydrogen-bond donors (Lipinski definition) is 2. The summed E-state index contributed by atoms with van der Waals surface area (Å²) in [5, 5.41) is 0. The fourth-order valence-corrected chi connectivity index (χ4v) is 1.94. The molecule has 2 rings (SSSR count). The van der Waals surface area contributed by atoms with Gasteiger partial charge in [0.15, 0.2) is 0 Å². The van der Waals surface area contributed by atoms with Crippen LogP contribution in [0.2, 0.25) is 0 Å². The number of rotatable bonds is 4. The fraction of sp³-hybridized carbons (Fsp3) is 0.0714. The molecule has 0 radical (unpaired) electrons. The van der Waals surface area contributed by atoms with Crippen molar-refractivity contribution in [3.63, 3.8) is 0 Å². The number of nitrogens with one attached hydrogen (secondary N) is 1. The molecule has 5 heteroatoms. The molecule has 0 bridgehead atoms. The fourth-order valence-electron chi connectivity index (χ4n) is 1.56. The average Bonchev–Trinajstić information content (AvgIpc) is 2.45. The topological polar surface area (TPSA) is 64.3 Å². The van der Waals surface area contributed by atoms with Crippen LogP contribution in [0.5, 0.6) is 5.75 Å². The Bertz CT molecular complexity index is 570. The summed E-state index contributed by atoms with van der Waals surface area (Å²) in [6.07, 6.45) is 0. The molecule has 0 unspecified atom stereocenters. The molecular weight excluding hydrogens is 308 g/mol. The number of nitrogen functional groups attached to an aromatic ring is 1. The van der Waals surface area contributed by atoms with Crippen molar-refractivity contribution in [3.8, 4) is 5.75 Å². The summed E-state index contributed by atoms with van der Waals surface area (Å²) in [4.78, 5) is 11.3. The van der Waals surface area contributed by atoms with Gasteiger partial charge in [0, 0.05) is 10.0 Å². The number of amides is 1. The van der Waals surface area contributed by atoms with Crippen molar-refractivity contribution in [1.29, 1.82) is 0 Å². The Hall–Kier alpha value is -1.85. The number of halogens is 1.